The zero-order valence-corrected chi connectivity index (χ0v) is 11.7. The molecule has 0 aliphatic heterocycles. The number of benzene rings is 1. The zero-order valence-electron chi connectivity index (χ0n) is 10.9. The van der Waals surface area contributed by atoms with Crippen LogP contribution < -0.4 is 10.1 Å². The number of anilines is 1. The Balaban J connectivity index is 1.91. The minimum atomic E-state index is 0.0124. The van der Waals surface area contributed by atoms with E-state index in [1.165, 1.54) is 5.56 Å². The Morgan fingerprint density at radius 2 is 2.16 bits per heavy atom. The quantitative estimate of drug-likeness (QED) is 0.872. The molecule has 3 nitrogen and oxygen atoms in total. The molecule has 1 amide bonds. The SMILES string of the molecule is CCOc1ccccc1NC(=O)CCc1ccsc1. The lowest BCUT2D eigenvalue weighted by Crippen LogP contribution is -2.13. The summed E-state index contributed by atoms with van der Waals surface area (Å²) in [7, 11) is 0. The van der Waals surface area contributed by atoms with Crippen molar-refractivity contribution >= 4 is 22.9 Å². The molecule has 1 aromatic heterocycles. The predicted octanol–water partition coefficient (Wildman–Crippen LogP) is 3.72. The van der Waals surface area contributed by atoms with Crippen LogP contribution in [0.15, 0.2) is 41.1 Å². The van der Waals surface area contributed by atoms with E-state index in [1.807, 2.05) is 42.6 Å². The lowest BCUT2D eigenvalue weighted by Gasteiger charge is -2.10. The number of ether oxygens (including phenoxy) is 1. The normalized spacial score (nSPS) is 10.2. The van der Waals surface area contributed by atoms with Gasteiger partial charge in [-0.15, -0.1) is 0 Å². The minimum Gasteiger partial charge on any atom is -0.492 e. The van der Waals surface area contributed by atoms with Crippen LogP contribution in [0.4, 0.5) is 5.69 Å². The minimum absolute atomic E-state index is 0.0124. The number of para-hydroxylation sites is 2. The fourth-order valence-electron chi connectivity index (χ4n) is 1.76. The van der Waals surface area contributed by atoms with Crippen LogP contribution in [0.2, 0.25) is 0 Å². The van der Waals surface area contributed by atoms with Crippen molar-refractivity contribution in [3.05, 3.63) is 46.7 Å². The highest BCUT2D eigenvalue weighted by atomic mass is 32.1. The Morgan fingerprint density at radius 1 is 1.32 bits per heavy atom. The maximum atomic E-state index is 11.9. The van der Waals surface area contributed by atoms with Gasteiger partial charge in [0, 0.05) is 6.42 Å². The molecule has 0 unspecified atom stereocenters. The summed E-state index contributed by atoms with van der Waals surface area (Å²) in [6, 6.07) is 9.54. The van der Waals surface area contributed by atoms with Crippen molar-refractivity contribution in [3.8, 4) is 5.75 Å². The second-order valence-electron chi connectivity index (χ2n) is 4.11. The number of amides is 1. The second kappa shape index (κ2) is 6.95. The molecule has 0 radical (unpaired) electrons. The van der Waals surface area contributed by atoms with Crippen LogP contribution in [-0.4, -0.2) is 12.5 Å². The average molecular weight is 275 g/mol. The van der Waals surface area contributed by atoms with Gasteiger partial charge in [-0.25, -0.2) is 0 Å². The lowest BCUT2D eigenvalue weighted by molar-refractivity contribution is -0.116. The van der Waals surface area contributed by atoms with Gasteiger partial charge in [-0.1, -0.05) is 12.1 Å². The topological polar surface area (TPSA) is 38.3 Å². The standard InChI is InChI=1S/C15H17NO2S/c1-2-18-14-6-4-3-5-13(14)16-15(17)8-7-12-9-10-19-11-12/h3-6,9-11H,2,7-8H2,1H3,(H,16,17). The van der Waals surface area contributed by atoms with E-state index >= 15 is 0 Å². The van der Waals surface area contributed by atoms with Crippen molar-refractivity contribution in [2.45, 2.75) is 19.8 Å². The average Bonchev–Trinajstić information content (AvgIpc) is 2.92. The van der Waals surface area contributed by atoms with E-state index in [9.17, 15) is 4.79 Å². The Labute approximate surface area is 117 Å². The van der Waals surface area contributed by atoms with Gasteiger partial charge in [-0.3, -0.25) is 4.79 Å². The Bertz CT molecular complexity index is 523. The van der Waals surface area contributed by atoms with Gasteiger partial charge in [0.25, 0.3) is 0 Å². The number of rotatable bonds is 6. The molecule has 0 bridgehead atoms. The molecular weight excluding hydrogens is 258 g/mol. The first-order valence-corrected chi connectivity index (χ1v) is 7.26. The van der Waals surface area contributed by atoms with Crippen molar-refractivity contribution < 1.29 is 9.53 Å². The molecule has 0 saturated carbocycles. The summed E-state index contributed by atoms with van der Waals surface area (Å²) in [5.41, 5.74) is 1.94. The number of carbonyl (C=O) groups is 1. The van der Waals surface area contributed by atoms with E-state index in [-0.39, 0.29) is 5.91 Å². The summed E-state index contributed by atoms with van der Waals surface area (Å²) in [4.78, 5) is 11.9. The van der Waals surface area contributed by atoms with Crippen LogP contribution in [-0.2, 0) is 11.2 Å². The number of hydrogen-bond donors (Lipinski definition) is 1. The van der Waals surface area contributed by atoms with E-state index in [1.54, 1.807) is 11.3 Å². The van der Waals surface area contributed by atoms with Crippen LogP contribution in [0.25, 0.3) is 0 Å². The number of carbonyl (C=O) groups excluding carboxylic acids is 1. The third-order valence-corrected chi connectivity index (χ3v) is 3.41. The highest BCUT2D eigenvalue weighted by molar-refractivity contribution is 7.07. The first-order valence-electron chi connectivity index (χ1n) is 6.32. The largest absolute Gasteiger partial charge is 0.492 e. The van der Waals surface area contributed by atoms with Crippen molar-refractivity contribution in [1.29, 1.82) is 0 Å². The van der Waals surface area contributed by atoms with Crippen LogP contribution in [0.3, 0.4) is 0 Å². The predicted molar refractivity (Wildman–Crippen MR) is 78.9 cm³/mol. The molecule has 2 aromatic rings. The lowest BCUT2D eigenvalue weighted by atomic mass is 10.2. The maximum Gasteiger partial charge on any atom is 0.224 e. The van der Waals surface area contributed by atoms with Crippen LogP contribution >= 0.6 is 11.3 Å². The molecule has 0 fully saturated rings. The van der Waals surface area contributed by atoms with E-state index in [0.717, 1.165) is 12.1 Å². The summed E-state index contributed by atoms with van der Waals surface area (Å²) >= 11 is 1.65. The number of aryl methyl sites for hydroxylation is 1. The number of hydrogen-bond acceptors (Lipinski definition) is 3. The van der Waals surface area contributed by atoms with Crippen LogP contribution in [0, 0.1) is 0 Å². The van der Waals surface area contributed by atoms with Crippen molar-refractivity contribution in [1.82, 2.24) is 0 Å². The van der Waals surface area contributed by atoms with E-state index in [2.05, 4.69) is 10.7 Å². The van der Waals surface area contributed by atoms with Gasteiger partial charge < -0.3 is 10.1 Å². The molecule has 0 aliphatic rings. The zero-order chi connectivity index (χ0) is 13.5. The Kier molecular flexibility index (Phi) is 4.98. The molecular formula is C15H17NO2S. The first-order chi connectivity index (χ1) is 9.29. The molecule has 0 spiro atoms. The molecule has 0 saturated heterocycles. The fraction of sp³-hybridized carbons (Fsp3) is 0.267. The molecule has 2 rings (SSSR count). The molecule has 4 heteroatoms. The summed E-state index contributed by atoms with van der Waals surface area (Å²) < 4.78 is 5.48. The Morgan fingerprint density at radius 3 is 2.89 bits per heavy atom. The Hall–Kier alpha value is -1.81. The van der Waals surface area contributed by atoms with Gasteiger partial charge in [0.05, 0.1) is 12.3 Å². The highest BCUT2D eigenvalue weighted by Crippen LogP contribution is 2.23. The van der Waals surface area contributed by atoms with Gasteiger partial charge in [0.2, 0.25) is 5.91 Å². The molecule has 1 N–H and O–H groups in total. The van der Waals surface area contributed by atoms with Crippen molar-refractivity contribution in [3.63, 3.8) is 0 Å². The maximum absolute atomic E-state index is 11.9. The molecule has 100 valence electrons. The van der Waals surface area contributed by atoms with Gasteiger partial charge >= 0.3 is 0 Å². The highest BCUT2D eigenvalue weighted by Gasteiger charge is 2.07. The van der Waals surface area contributed by atoms with Gasteiger partial charge in [0.1, 0.15) is 5.75 Å². The molecule has 0 atom stereocenters. The van der Waals surface area contributed by atoms with Gasteiger partial charge in [-0.05, 0) is 47.9 Å². The monoisotopic (exact) mass is 275 g/mol. The van der Waals surface area contributed by atoms with Crippen LogP contribution in [0.5, 0.6) is 5.75 Å². The van der Waals surface area contributed by atoms with Gasteiger partial charge in [-0.2, -0.15) is 11.3 Å². The number of nitrogens with one attached hydrogen (secondary N) is 1. The molecule has 0 aliphatic carbocycles. The molecule has 19 heavy (non-hydrogen) atoms. The summed E-state index contributed by atoms with van der Waals surface area (Å²) in [6.07, 6.45) is 1.25. The van der Waals surface area contributed by atoms with Crippen molar-refractivity contribution in [2.75, 3.05) is 11.9 Å². The summed E-state index contributed by atoms with van der Waals surface area (Å²) in [5.74, 6) is 0.729. The third kappa shape index (κ3) is 4.10. The fourth-order valence-corrected chi connectivity index (χ4v) is 2.46. The summed E-state index contributed by atoms with van der Waals surface area (Å²) in [5, 5.41) is 6.99. The smallest absolute Gasteiger partial charge is 0.224 e. The third-order valence-electron chi connectivity index (χ3n) is 2.68. The second-order valence-corrected chi connectivity index (χ2v) is 4.89. The van der Waals surface area contributed by atoms with E-state index in [0.29, 0.717) is 18.8 Å². The first kappa shape index (κ1) is 13.6. The van der Waals surface area contributed by atoms with Crippen molar-refractivity contribution in [2.24, 2.45) is 0 Å². The van der Waals surface area contributed by atoms with Gasteiger partial charge in [0.15, 0.2) is 0 Å². The van der Waals surface area contributed by atoms with Crippen LogP contribution in [0.1, 0.15) is 18.9 Å². The van der Waals surface area contributed by atoms with E-state index in [4.69, 9.17) is 4.74 Å². The van der Waals surface area contributed by atoms with E-state index < -0.39 is 0 Å². The number of thiophene rings is 1. The molecule has 1 heterocycles. The summed E-state index contributed by atoms with van der Waals surface area (Å²) in [6.45, 7) is 2.51. The molecule has 1 aromatic carbocycles.